The first-order valence-corrected chi connectivity index (χ1v) is 16.3. The quantitative estimate of drug-likeness (QED) is 0.0879. The minimum Gasteiger partial charge on any atom is -0.451 e. The monoisotopic (exact) mass is 709 g/mol. The van der Waals surface area contributed by atoms with Crippen molar-refractivity contribution in [2.45, 2.75) is 62.6 Å². The van der Waals surface area contributed by atoms with Crippen molar-refractivity contribution in [3.63, 3.8) is 0 Å². The third-order valence-corrected chi connectivity index (χ3v) is 8.72. The standard InChI is InChI=1S/C34H35F4N9O4/c1-2-26(48)44-24-14-25(29(28(24)49)51-32(50)34(36,37)38)47-18-43-27-30(45-33(46-31(27)47)40-13-12-22-15-39-17-42-22)41-16-23(19-6-4-3-5-7-19)20-8-10-21(35)11-9-20/h3-11,15,17-18,23-25,28-29,49H,2,12-14,16H2,1H3,(H,39,42)(H,44,48)(H2,40,41,45,46)/t23?,24-,25+,28+,29-/m0/s1. The van der Waals surface area contributed by atoms with Gasteiger partial charge in [-0.25, -0.2) is 19.2 Å². The SMILES string of the molecule is CCC(=O)N[C@H]1C[C@@H](n2cnc3c(NCC(c4ccccc4)c4ccc(F)cc4)nc(NCCc4cnc[nH]4)nc32)[C@H](OC(=O)C(F)(F)F)[C@@H]1O. The fourth-order valence-electron chi connectivity index (χ4n) is 6.15. The summed E-state index contributed by atoms with van der Waals surface area (Å²) in [6.45, 7) is 2.24. The van der Waals surface area contributed by atoms with Crippen LogP contribution in [0.2, 0.25) is 0 Å². The Kier molecular flexibility index (Phi) is 10.5. The normalized spacial score (nSPS) is 19.5. The Morgan fingerprint density at radius 1 is 1.08 bits per heavy atom. The number of esters is 1. The maximum absolute atomic E-state index is 13.9. The fourth-order valence-corrected chi connectivity index (χ4v) is 6.15. The summed E-state index contributed by atoms with van der Waals surface area (Å²) in [7, 11) is 0. The van der Waals surface area contributed by atoms with Crippen LogP contribution in [0.3, 0.4) is 0 Å². The minimum absolute atomic E-state index is 0.0621. The minimum atomic E-state index is -5.32. The molecule has 0 spiro atoms. The zero-order valence-electron chi connectivity index (χ0n) is 27.3. The maximum atomic E-state index is 13.9. The fraction of sp³-hybridized carbons (Fsp3) is 0.353. The van der Waals surface area contributed by atoms with Crippen molar-refractivity contribution in [1.82, 2.24) is 34.8 Å². The number of aliphatic hydroxyl groups excluding tert-OH is 1. The number of alkyl halides is 3. The predicted octanol–water partition coefficient (Wildman–Crippen LogP) is 4.26. The number of aromatic nitrogens is 6. The summed E-state index contributed by atoms with van der Waals surface area (Å²) in [6, 6.07) is 13.6. The number of anilines is 2. The smallest absolute Gasteiger partial charge is 0.451 e. The second-order valence-corrected chi connectivity index (χ2v) is 12.1. The Labute approximate surface area is 288 Å². The number of rotatable bonds is 13. The van der Waals surface area contributed by atoms with Crippen molar-refractivity contribution < 1.29 is 37.0 Å². The highest BCUT2D eigenvalue weighted by Gasteiger charge is 2.51. The number of carbonyl (C=O) groups is 2. The first kappa shape index (κ1) is 35.3. The molecule has 3 heterocycles. The topological polar surface area (TPSA) is 172 Å². The molecule has 1 saturated carbocycles. The number of carbonyl (C=O) groups excluding carboxylic acids is 2. The van der Waals surface area contributed by atoms with Crippen LogP contribution in [0, 0.1) is 5.82 Å². The Bertz CT molecular complexity index is 1940. The third-order valence-electron chi connectivity index (χ3n) is 8.72. The molecule has 1 aliphatic carbocycles. The Balaban J connectivity index is 1.37. The summed E-state index contributed by atoms with van der Waals surface area (Å²) in [5.41, 5.74) is 3.04. The van der Waals surface area contributed by atoms with Crippen LogP contribution in [0.15, 0.2) is 73.4 Å². The molecule has 5 atom stereocenters. The van der Waals surface area contributed by atoms with E-state index >= 15 is 0 Å². The van der Waals surface area contributed by atoms with Gasteiger partial charge in [0.2, 0.25) is 11.9 Å². The van der Waals surface area contributed by atoms with Gasteiger partial charge in [0.15, 0.2) is 23.1 Å². The lowest BCUT2D eigenvalue weighted by atomic mass is 9.91. The van der Waals surface area contributed by atoms with Crippen molar-refractivity contribution >= 4 is 34.8 Å². The van der Waals surface area contributed by atoms with Crippen molar-refractivity contribution in [1.29, 1.82) is 0 Å². The van der Waals surface area contributed by atoms with Gasteiger partial charge in [0.25, 0.3) is 0 Å². The number of fused-ring (bicyclic) bond motifs is 1. The molecule has 3 aromatic heterocycles. The summed E-state index contributed by atoms with van der Waals surface area (Å²) in [5, 5.41) is 20.2. The lowest BCUT2D eigenvalue weighted by Crippen LogP contribution is -2.45. The van der Waals surface area contributed by atoms with Crippen LogP contribution in [0.1, 0.15) is 48.5 Å². The second kappa shape index (κ2) is 15.1. The predicted molar refractivity (Wildman–Crippen MR) is 177 cm³/mol. The molecule has 0 saturated heterocycles. The van der Waals surface area contributed by atoms with Crippen LogP contribution in [0.25, 0.3) is 11.2 Å². The number of ether oxygens (including phenoxy) is 1. The van der Waals surface area contributed by atoms with Crippen LogP contribution >= 0.6 is 0 Å². The van der Waals surface area contributed by atoms with Gasteiger partial charge in [0.05, 0.1) is 24.7 Å². The zero-order chi connectivity index (χ0) is 36.1. The van der Waals surface area contributed by atoms with E-state index in [1.54, 1.807) is 31.6 Å². The molecule has 1 amide bonds. The van der Waals surface area contributed by atoms with Gasteiger partial charge in [0.1, 0.15) is 11.9 Å². The highest BCUT2D eigenvalue weighted by Crippen LogP contribution is 2.38. The first-order chi connectivity index (χ1) is 24.5. The number of nitrogens with one attached hydrogen (secondary N) is 4. The van der Waals surface area contributed by atoms with E-state index in [9.17, 15) is 32.3 Å². The second-order valence-electron chi connectivity index (χ2n) is 12.1. The lowest BCUT2D eigenvalue weighted by Gasteiger charge is -2.24. The van der Waals surface area contributed by atoms with Gasteiger partial charge in [-0.3, -0.25) is 4.79 Å². The van der Waals surface area contributed by atoms with E-state index in [0.29, 0.717) is 13.0 Å². The number of benzene rings is 2. The largest absolute Gasteiger partial charge is 0.490 e. The van der Waals surface area contributed by atoms with Crippen molar-refractivity contribution in [3.8, 4) is 0 Å². The molecule has 2 aromatic carbocycles. The third kappa shape index (κ3) is 8.09. The van der Waals surface area contributed by atoms with E-state index in [1.165, 1.54) is 23.0 Å². The van der Waals surface area contributed by atoms with Crippen molar-refractivity contribution in [2.75, 3.05) is 23.7 Å². The molecule has 1 fully saturated rings. The van der Waals surface area contributed by atoms with Crippen LogP contribution in [0.5, 0.6) is 0 Å². The van der Waals surface area contributed by atoms with Gasteiger partial charge in [0, 0.05) is 43.7 Å². The van der Waals surface area contributed by atoms with Crippen LogP contribution in [-0.4, -0.2) is 84.0 Å². The number of hydrogen-bond acceptors (Lipinski definition) is 10. The number of nitrogens with zero attached hydrogens (tertiary/aromatic N) is 5. The number of H-pyrrole nitrogens is 1. The Hall–Kier alpha value is -5.58. The number of amides is 1. The molecule has 0 bridgehead atoms. The van der Waals surface area contributed by atoms with Gasteiger partial charge < -0.3 is 35.3 Å². The van der Waals surface area contributed by atoms with Crippen LogP contribution < -0.4 is 16.0 Å². The number of hydrogen-bond donors (Lipinski definition) is 5. The van der Waals surface area contributed by atoms with E-state index in [4.69, 9.17) is 4.74 Å². The molecule has 5 N–H and O–H groups in total. The summed E-state index contributed by atoms with van der Waals surface area (Å²) in [5.74, 6) is -3.11. The number of aliphatic hydroxyl groups is 1. The average Bonchev–Trinajstić information content (AvgIpc) is 3.86. The Morgan fingerprint density at radius 2 is 1.82 bits per heavy atom. The number of imidazole rings is 2. The molecule has 6 rings (SSSR count). The lowest BCUT2D eigenvalue weighted by molar-refractivity contribution is -0.209. The van der Waals surface area contributed by atoms with E-state index in [0.717, 1.165) is 16.8 Å². The van der Waals surface area contributed by atoms with Crippen LogP contribution in [0.4, 0.5) is 29.3 Å². The molecule has 1 aliphatic rings. The summed E-state index contributed by atoms with van der Waals surface area (Å²) in [6.07, 6.45) is -3.64. The summed E-state index contributed by atoms with van der Waals surface area (Å²) >= 11 is 0. The average molecular weight is 710 g/mol. The van der Waals surface area contributed by atoms with E-state index < -0.39 is 42.3 Å². The molecule has 0 radical (unpaired) electrons. The maximum Gasteiger partial charge on any atom is 0.490 e. The molecule has 0 aliphatic heterocycles. The highest BCUT2D eigenvalue weighted by atomic mass is 19.4. The Morgan fingerprint density at radius 3 is 2.51 bits per heavy atom. The van der Waals surface area contributed by atoms with Gasteiger partial charge in [-0.1, -0.05) is 49.4 Å². The van der Waals surface area contributed by atoms with Crippen LogP contribution in [-0.2, 0) is 20.7 Å². The van der Waals surface area contributed by atoms with Crippen molar-refractivity contribution in [3.05, 3.63) is 96.1 Å². The van der Waals surface area contributed by atoms with Gasteiger partial charge in [-0.15, -0.1) is 0 Å². The molecule has 17 heteroatoms. The molecule has 5 aromatic rings. The number of aromatic amines is 1. The summed E-state index contributed by atoms with van der Waals surface area (Å²) in [4.78, 5) is 45.1. The molecule has 51 heavy (non-hydrogen) atoms. The molecule has 13 nitrogen and oxygen atoms in total. The zero-order valence-corrected chi connectivity index (χ0v) is 27.3. The molecular formula is C34H35F4N9O4. The number of halogens is 4. The van der Waals surface area contributed by atoms with Gasteiger partial charge >= 0.3 is 12.1 Å². The summed E-state index contributed by atoms with van der Waals surface area (Å²) < 4.78 is 60.2. The highest BCUT2D eigenvalue weighted by molar-refractivity contribution is 5.84. The van der Waals surface area contributed by atoms with E-state index in [2.05, 4.69) is 40.9 Å². The van der Waals surface area contributed by atoms with E-state index in [1.807, 2.05) is 30.3 Å². The van der Waals surface area contributed by atoms with Gasteiger partial charge in [-0.05, 0) is 29.7 Å². The van der Waals surface area contributed by atoms with Gasteiger partial charge in [-0.2, -0.15) is 23.1 Å². The molecule has 1 unspecified atom stereocenters. The first-order valence-electron chi connectivity index (χ1n) is 16.3. The van der Waals surface area contributed by atoms with Crippen molar-refractivity contribution in [2.24, 2.45) is 0 Å². The molecular weight excluding hydrogens is 674 g/mol. The molecule has 268 valence electrons. The van der Waals surface area contributed by atoms with E-state index in [-0.39, 0.29) is 54.1 Å².